The van der Waals surface area contributed by atoms with Crippen molar-refractivity contribution in [3.05, 3.63) is 48.5 Å². The minimum absolute atomic E-state index is 0. The Labute approximate surface area is 234 Å². The van der Waals surface area contributed by atoms with Crippen LogP contribution in [0.3, 0.4) is 0 Å². The van der Waals surface area contributed by atoms with Crippen LogP contribution < -0.4 is 78.8 Å². The molecule has 32 heavy (non-hydrogen) atoms. The summed E-state index contributed by atoms with van der Waals surface area (Å²) >= 11 is 0. The van der Waals surface area contributed by atoms with Gasteiger partial charge in [0.05, 0.1) is 13.2 Å². The van der Waals surface area contributed by atoms with Gasteiger partial charge in [-0.1, -0.05) is 24.3 Å². The van der Waals surface area contributed by atoms with Crippen molar-refractivity contribution in [2.45, 2.75) is 51.4 Å². The number of hydrogen-bond donors (Lipinski definition) is 0. The van der Waals surface area contributed by atoms with Gasteiger partial charge in [0.25, 0.3) is 0 Å². The molecule has 2 aromatic rings. The van der Waals surface area contributed by atoms with E-state index >= 15 is 0 Å². The van der Waals surface area contributed by atoms with E-state index in [9.17, 15) is 19.8 Å². The first-order valence-electron chi connectivity index (χ1n) is 10.4. The van der Waals surface area contributed by atoms with Crippen molar-refractivity contribution in [2.24, 2.45) is 0 Å². The molecule has 6 nitrogen and oxygen atoms in total. The minimum Gasteiger partial charge on any atom is -0.550 e. The van der Waals surface area contributed by atoms with Gasteiger partial charge in [-0.2, -0.15) is 0 Å². The number of hydrogen-bond acceptors (Lipinski definition) is 6. The molecule has 0 atom stereocenters. The summed E-state index contributed by atoms with van der Waals surface area (Å²) in [5, 5.41) is 20.7. The van der Waals surface area contributed by atoms with E-state index < -0.39 is 11.9 Å². The van der Waals surface area contributed by atoms with E-state index in [4.69, 9.17) is 9.47 Å². The van der Waals surface area contributed by atoms with E-state index in [1.807, 2.05) is 48.5 Å². The maximum absolute atomic E-state index is 10.4. The first kappa shape index (κ1) is 31.0. The van der Waals surface area contributed by atoms with Crippen LogP contribution in [0.1, 0.15) is 51.4 Å². The number of unbranched alkanes of at least 4 members (excludes halogenated alkanes) is 4. The third-order valence-electron chi connectivity index (χ3n) is 4.63. The van der Waals surface area contributed by atoms with Crippen LogP contribution in [0.2, 0.25) is 0 Å². The summed E-state index contributed by atoms with van der Waals surface area (Å²) in [4.78, 5) is 20.7. The molecule has 2 rings (SSSR count). The van der Waals surface area contributed by atoms with Gasteiger partial charge in [0.1, 0.15) is 11.5 Å². The number of carbonyl (C=O) groups is 2. The molecule has 0 fully saturated rings. The zero-order chi connectivity index (χ0) is 21.6. The predicted octanol–water partition coefficient (Wildman–Crippen LogP) is -3.26. The summed E-state index contributed by atoms with van der Waals surface area (Å²) in [6, 6.07) is 15.7. The average molecular weight is 458 g/mol. The van der Waals surface area contributed by atoms with Crippen molar-refractivity contribution in [1.82, 2.24) is 0 Å². The van der Waals surface area contributed by atoms with Gasteiger partial charge in [0.2, 0.25) is 0 Å². The summed E-state index contributed by atoms with van der Waals surface area (Å²) in [6.45, 7) is 1.12. The molecule has 0 heterocycles. The fraction of sp³-hybridized carbons (Fsp3) is 0.417. The van der Waals surface area contributed by atoms with Crippen LogP contribution in [0.5, 0.6) is 11.5 Å². The van der Waals surface area contributed by atoms with Gasteiger partial charge in [-0.25, -0.2) is 0 Å². The molecule has 0 unspecified atom stereocenters. The van der Waals surface area contributed by atoms with Crippen molar-refractivity contribution in [3.63, 3.8) is 0 Å². The molecule has 0 spiro atoms. The summed E-state index contributed by atoms with van der Waals surface area (Å²) in [6.07, 6.45) is 4.67. The number of carboxylic acid groups (broad SMARTS) is 2. The minimum atomic E-state index is -1.00. The Bertz CT molecular complexity index is 711. The maximum Gasteiger partial charge on any atom is 1.00 e. The number of benzene rings is 2. The quantitative estimate of drug-likeness (QED) is 0.205. The second-order valence-corrected chi connectivity index (χ2v) is 7.11. The van der Waals surface area contributed by atoms with Gasteiger partial charge in [-0.15, -0.1) is 0 Å². The van der Waals surface area contributed by atoms with Crippen LogP contribution in [0.15, 0.2) is 48.5 Å². The first-order valence-corrected chi connectivity index (χ1v) is 10.4. The topological polar surface area (TPSA) is 98.7 Å². The molecular formula is C24H28Na2O6. The van der Waals surface area contributed by atoms with Crippen LogP contribution in [0.25, 0.3) is 11.1 Å². The number of rotatable bonds is 15. The van der Waals surface area contributed by atoms with E-state index in [-0.39, 0.29) is 72.0 Å². The molecular weight excluding hydrogens is 430 g/mol. The molecule has 0 amide bonds. The Hall–Kier alpha value is -1.02. The summed E-state index contributed by atoms with van der Waals surface area (Å²) in [7, 11) is 0. The fourth-order valence-electron chi connectivity index (χ4n) is 2.96. The summed E-state index contributed by atoms with van der Waals surface area (Å²) < 4.78 is 11.4. The second kappa shape index (κ2) is 18.4. The number of carboxylic acids is 2. The van der Waals surface area contributed by atoms with E-state index in [0.29, 0.717) is 26.1 Å². The molecule has 0 aliphatic heterocycles. The molecule has 0 aliphatic carbocycles. The van der Waals surface area contributed by atoms with Crippen molar-refractivity contribution >= 4 is 11.9 Å². The van der Waals surface area contributed by atoms with Gasteiger partial charge in [0.15, 0.2) is 0 Å². The van der Waals surface area contributed by atoms with Crippen LogP contribution >= 0.6 is 0 Å². The Morgan fingerprint density at radius 3 is 1.22 bits per heavy atom. The molecule has 0 aromatic heterocycles. The second-order valence-electron chi connectivity index (χ2n) is 7.11. The maximum atomic E-state index is 10.4. The SMILES string of the molecule is O=C([O-])CCCCCOc1ccc(-c2ccc(OCCCCCC(=O)[O-])cc2)cc1.[Na+].[Na+]. The number of carbonyl (C=O) groups excluding carboxylic acids is 2. The zero-order valence-corrected chi connectivity index (χ0v) is 23.1. The van der Waals surface area contributed by atoms with Gasteiger partial charge in [-0.05, 0) is 86.8 Å². The standard InChI is InChI=1S/C24H30O6.2Na/c25-23(26)7-3-1-5-17-29-21-13-9-19(10-14-21)20-11-15-22(16-12-20)30-18-6-2-4-8-24(27)28;;/h9-16H,1-8,17-18H2,(H,25,26)(H,27,28);;/q;2*+1/p-2. The summed E-state index contributed by atoms with van der Waals surface area (Å²) in [5.41, 5.74) is 2.15. The smallest absolute Gasteiger partial charge is 0.550 e. The zero-order valence-electron chi connectivity index (χ0n) is 19.1. The van der Waals surface area contributed by atoms with Crippen LogP contribution in [-0.2, 0) is 9.59 Å². The third kappa shape index (κ3) is 13.5. The number of aliphatic carboxylic acids is 2. The predicted molar refractivity (Wildman–Crippen MR) is 110 cm³/mol. The van der Waals surface area contributed by atoms with Crippen molar-refractivity contribution in [2.75, 3.05) is 13.2 Å². The van der Waals surface area contributed by atoms with Crippen LogP contribution in [-0.4, -0.2) is 25.2 Å². The van der Waals surface area contributed by atoms with E-state index in [0.717, 1.165) is 48.3 Å². The van der Waals surface area contributed by atoms with E-state index in [2.05, 4.69) is 0 Å². The summed E-state index contributed by atoms with van der Waals surface area (Å²) in [5.74, 6) is -0.427. The average Bonchev–Trinajstić information content (AvgIpc) is 2.73. The molecule has 0 radical (unpaired) electrons. The third-order valence-corrected chi connectivity index (χ3v) is 4.63. The normalized spacial score (nSPS) is 9.88. The monoisotopic (exact) mass is 458 g/mol. The van der Waals surface area contributed by atoms with Crippen molar-refractivity contribution < 1.29 is 88.4 Å². The Morgan fingerprint density at radius 2 is 0.906 bits per heavy atom. The molecule has 8 heteroatoms. The molecule has 0 aliphatic rings. The van der Waals surface area contributed by atoms with Gasteiger partial charge < -0.3 is 29.3 Å². The van der Waals surface area contributed by atoms with Crippen molar-refractivity contribution in [3.8, 4) is 22.6 Å². The molecule has 0 saturated heterocycles. The van der Waals surface area contributed by atoms with E-state index in [1.54, 1.807) is 0 Å². The molecule has 162 valence electrons. The number of ether oxygens (including phenoxy) is 2. The first-order chi connectivity index (χ1) is 14.5. The van der Waals surface area contributed by atoms with E-state index in [1.165, 1.54) is 0 Å². The molecule has 0 N–H and O–H groups in total. The Kier molecular flexibility index (Phi) is 17.8. The van der Waals surface area contributed by atoms with Gasteiger partial charge >= 0.3 is 59.1 Å². The Morgan fingerprint density at radius 1 is 0.562 bits per heavy atom. The largest absolute Gasteiger partial charge is 1.00 e. The molecule has 2 aromatic carbocycles. The fourth-order valence-corrected chi connectivity index (χ4v) is 2.96. The van der Waals surface area contributed by atoms with Crippen molar-refractivity contribution in [1.29, 1.82) is 0 Å². The van der Waals surface area contributed by atoms with Gasteiger partial charge in [-0.3, -0.25) is 0 Å². The molecule has 0 bridgehead atoms. The van der Waals surface area contributed by atoms with Gasteiger partial charge in [0, 0.05) is 11.9 Å². The van der Waals surface area contributed by atoms with Crippen LogP contribution in [0.4, 0.5) is 0 Å². The van der Waals surface area contributed by atoms with Crippen LogP contribution in [0, 0.1) is 0 Å². The molecule has 0 saturated carbocycles. The Balaban J connectivity index is 0.00000480.